The third-order valence-corrected chi connectivity index (χ3v) is 7.89. The molecule has 1 atom stereocenters. The molecule has 0 amide bonds. The smallest absolute Gasteiger partial charge is 0.129 e. The number of benzene rings is 2. The van der Waals surface area contributed by atoms with E-state index in [9.17, 15) is 0 Å². The van der Waals surface area contributed by atoms with Gasteiger partial charge in [0.25, 0.3) is 0 Å². The Hall–Kier alpha value is -1.53. The van der Waals surface area contributed by atoms with Crippen molar-refractivity contribution in [2.24, 2.45) is 0 Å². The number of fused-ring (bicyclic) bond motifs is 1. The van der Waals surface area contributed by atoms with Crippen LogP contribution in [0.15, 0.2) is 24.3 Å². The molecule has 0 saturated heterocycles. The maximum Gasteiger partial charge on any atom is 0.129 e. The van der Waals surface area contributed by atoms with Crippen molar-refractivity contribution >= 4 is 13.2 Å². The summed E-state index contributed by atoms with van der Waals surface area (Å²) in [7, 11) is 1.40. The molecule has 2 aromatic carbocycles. The molecule has 0 fully saturated rings. The fraction of sp³-hybridized carbons (Fsp3) is 0.429. The molecule has 0 radical (unpaired) electrons. The lowest BCUT2D eigenvalue weighted by Gasteiger charge is -2.28. The summed E-state index contributed by atoms with van der Waals surface area (Å²) >= 11 is 0. The van der Waals surface area contributed by atoms with Gasteiger partial charge in [-0.1, -0.05) is 39.0 Å². The van der Waals surface area contributed by atoms with E-state index in [1.165, 1.54) is 33.1 Å². The first-order chi connectivity index (χ1) is 11.3. The van der Waals surface area contributed by atoms with Crippen LogP contribution in [0.2, 0.25) is 0 Å². The third kappa shape index (κ3) is 2.71. The van der Waals surface area contributed by atoms with Crippen LogP contribution in [-0.2, 0) is 0 Å². The van der Waals surface area contributed by atoms with E-state index >= 15 is 0 Å². The highest BCUT2D eigenvalue weighted by Crippen LogP contribution is 2.56. The maximum atomic E-state index is 6.06. The molecule has 0 aliphatic carbocycles. The highest BCUT2D eigenvalue weighted by atomic mass is 31.1. The van der Waals surface area contributed by atoms with Gasteiger partial charge in [0.15, 0.2) is 0 Å². The van der Waals surface area contributed by atoms with Gasteiger partial charge in [-0.3, -0.25) is 0 Å². The number of aryl methyl sites for hydroxylation is 2. The number of methoxy groups -OCH3 is 1. The van der Waals surface area contributed by atoms with Crippen molar-refractivity contribution in [3.05, 3.63) is 41.0 Å². The fourth-order valence-corrected chi connectivity index (χ4v) is 5.83. The number of hydrogen-bond donors (Lipinski definition) is 0. The standard InChI is InChI=1S/C21H27O2P/c1-13-11-14(2)19(22-7)18(15(13)3)16-9-8-10-17-20(16)24(12-23-17)21(4,5)6/h8-11H,12H2,1-7H3/t24-/m1/s1. The van der Waals surface area contributed by atoms with Gasteiger partial charge in [0.2, 0.25) is 0 Å². The van der Waals surface area contributed by atoms with Crippen molar-refractivity contribution in [2.45, 2.75) is 46.7 Å². The topological polar surface area (TPSA) is 18.5 Å². The molecule has 2 nitrogen and oxygen atoms in total. The lowest BCUT2D eigenvalue weighted by molar-refractivity contribution is 0.400. The minimum absolute atomic E-state index is 0.219. The number of rotatable bonds is 2. The van der Waals surface area contributed by atoms with Gasteiger partial charge in [0, 0.05) is 10.9 Å². The van der Waals surface area contributed by atoms with E-state index in [2.05, 4.69) is 65.8 Å². The molecule has 0 saturated carbocycles. The Balaban J connectivity index is 2.33. The van der Waals surface area contributed by atoms with Crippen LogP contribution in [0, 0.1) is 20.8 Å². The second kappa shape index (κ2) is 6.08. The highest BCUT2D eigenvalue weighted by molar-refractivity contribution is 7.67. The lowest BCUT2D eigenvalue weighted by Crippen LogP contribution is -2.19. The Kier molecular flexibility index (Phi) is 4.38. The molecule has 1 aliphatic rings. The van der Waals surface area contributed by atoms with E-state index in [4.69, 9.17) is 9.47 Å². The van der Waals surface area contributed by atoms with Crippen molar-refractivity contribution in [2.75, 3.05) is 13.5 Å². The molecule has 2 aromatic rings. The average Bonchev–Trinajstić information content (AvgIpc) is 2.95. The van der Waals surface area contributed by atoms with Crippen LogP contribution in [0.1, 0.15) is 37.5 Å². The first-order valence-electron chi connectivity index (χ1n) is 8.44. The van der Waals surface area contributed by atoms with E-state index < -0.39 is 0 Å². The van der Waals surface area contributed by atoms with Crippen LogP contribution >= 0.6 is 7.92 Å². The highest BCUT2D eigenvalue weighted by Gasteiger charge is 2.36. The second-order valence-corrected chi connectivity index (χ2v) is 10.5. The van der Waals surface area contributed by atoms with Gasteiger partial charge < -0.3 is 9.47 Å². The minimum atomic E-state index is -0.373. The SMILES string of the molecule is COc1c(C)cc(C)c(C)c1-c1cccc2c1[P@](C(C)(C)C)CO2. The quantitative estimate of drug-likeness (QED) is 0.667. The Morgan fingerprint density at radius 1 is 1.08 bits per heavy atom. The molecule has 0 N–H and O–H groups in total. The Bertz CT molecular complexity index is 787. The monoisotopic (exact) mass is 342 g/mol. The van der Waals surface area contributed by atoms with Gasteiger partial charge in [0.05, 0.1) is 7.11 Å². The number of hydrogen-bond acceptors (Lipinski definition) is 2. The molecule has 24 heavy (non-hydrogen) atoms. The average molecular weight is 342 g/mol. The van der Waals surface area contributed by atoms with E-state index in [0.717, 1.165) is 17.8 Å². The zero-order valence-corrected chi connectivity index (χ0v) is 16.7. The maximum absolute atomic E-state index is 6.06. The summed E-state index contributed by atoms with van der Waals surface area (Å²) in [5, 5.41) is 1.61. The van der Waals surface area contributed by atoms with Gasteiger partial charge in [-0.2, -0.15) is 0 Å². The molecule has 128 valence electrons. The van der Waals surface area contributed by atoms with Gasteiger partial charge in [-0.15, -0.1) is 0 Å². The van der Waals surface area contributed by atoms with E-state index in [-0.39, 0.29) is 13.1 Å². The van der Waals surface area contributed by atoms with Gasteiger partial charge in [0.1, 0.15) is 17.8 Å². The first kappa shape index (κ1) is 17.3. The molecule has 0 unspecified atom stereocenters. The predicted molar refractivity (Wildman–Crippen MR) is 104 cm³/mol. The molecule has 1 heterocycles. The molecule has 0 bridgehead atoms. The van der Waals surface area contributed by atoms with E-state index in [1.54, 1.807) is 7.11 Å². The van der Waals surface area contributed by atoms with Crippen molar-refractivity contribution in [3.63, 3.8) is 0 Å². The van der Waals surface area contributed by atoms with Gasteiger partial charge in [-0.25, -0.2) is 0 Å². The van der Waals surface area contributed by atoms with Crippen LogP contribution in [0.5, 0.6) is 11.5 Å². The molecule has 0 spiro atoms. The third-order valence-electron chi connectivity index (χ3n) is 4.89. The summed E-state index contributed by atoms with van der Waals surface area (Å²) in [5.41, 5.74) is 6.30. The van der Waals surface area contributed by atoms with Crippen molar-refractivity contribution in [3.8, 4) is 22.6 Å². The molecule has 3 rings (SSSR count). The summed E-state index contributed by atoms with van der Waals surface area (Å²) in [4.78, 5) is 0. The van der Waals surface area contributed by atoms with E-state index in [1.807, 2.05) is 0 Å². The molecular weight excluding hydrogens is 315 g/mol. The summed E-state index contributed by atoms with van der Waals surface area (Å²) < 4.78 is 11.9. The molecular formula is C21H27O2P. The Morgan fingerprint density at radius 3 is 2.42 bits per heavy atom. The summed E-state index contributed by atoms with van der Waals surface area (Å²) in [6, 6.07) is 8.66. The number of ether oxygens (including phenoxy) is 2. The van der Waals surface area contributed by atoms with Gasteiger partial charge >= 0.3 is 0 Å². The Morgan fingerprint density at radius 2 is 1.79 bits per heavy atom. The zero-order valence-electron chi connectivity index (χ0n) is 15.8. The van der Waals surface area contributed by atoms with Gasteiger partial charge in [-0.05, 0) is 62.2 Å². The summed E-state index contributed by atoms with van der Waals surface area (Å²) in [6.45, 7) is 13.5. The van der Waals surface area contributed by atoms with Crippen molar-refractivity contribution in [1.82, 2.24) is 0 Å². The second-order valence-electron chi connectivity index (χ2n) is 7.57. The van der Waals surface area contributed by atoms with Crippen LogP contribution < -0.4 is 14.8 Å². The fourth-order valence-electron chi connectivity index (χ4n) is 3.50. The van der Waals surface area contributed by atoms with Crippen LogP contribution in [-0.4, -0.2) is 18.6 Å². The molecule has 1 aliphatic heterocycles. The summed E-state index contributed by atoms with van der Waals surface area (Å²) in [5.74, 6) is 2.04. The van der Waals surface area contributed by atoms with Crippen molar-refractivity contribution in [1.29, 1.82) is 0 Å². The van der Waals surface area contributed by atoms with Crippen LogP contribution in [0.25, 0.3) is 11.1 Å². The van der Waals surface area contributed by atoms with Crippen molar-refractivity contribution < 1.29 is 9.47 Å². The molecule has 3 heteroatoms. The lowest BCUT2D eigenvalue weighted by atomic mass is 9.93. The van der Waals surface area contributed by atoms with Crippen LogP contribution in [0.4, 0.5) is 0 Å². The molecule has 0 aromatic heterocycles. The predicted octanol–water partition coefficient (Wildman–Crippen LogP) is 5.54. The first-order valence-corrected chi connectivity index (χ1v) is 9.97. The largest absolute Gasteiger partial charge is 0.496 e. The Labute approximate surface area is 146 Å². The zero-order chi connectivity index (χ0) is 17.6. The van der Waals surface area contributed by atoms with Crippen LogP contribution in [0.3, 0.4) is 0 Å². The summed E-state index contributed by atoms with van der Waals surface area (Å²) in [6.07, 6.45) is 0.817. The van der Waals surface area contributed by atoms with E-state index in [0.29, 0.717) is 0 Å². The minimum Gasteiger partial charge on any atom is -0.496 e. The normalized spacial score (nSPS) is 16.7.